The molecular weight excluding hydrogens is 316 g/mol. The standard InChI is InChI=1S/C24H20N2/c1-15-4-7-17(8-5-15)22-13-24-21(14-25-22)20-11-18-9-6-16(2)10-19(18)12-23(20)26(24)3/h4-14H,1-3H3. The van der Waals surface area contributed by atoms with E-state index in [1.165, 1.54) is 43.7 Å². The summed E-state index contributed by atoms with van der Waals surface area (Å²) in [5, 5.41) is 5.04. The molecule has 0 unspecified atom stereocenters. The molecule has 0 saturated heterocycles. The predicted octanol–water partition coefficient (Wildman–Crippen LogP) is 6.16. The van der Waals surface area contributed by atoms with E-state index in [1.807, 2.05) is 6.20 Å². The van der Waals surface area contributed by atoms with Gasteiger partial charge in [0.15, 0.2) is 0 Å². The van der Waals surface area contributed by atoms with Crippen molar-refractivity contribution in [2.75, 3.05) is 0 Å². The number of aromatic nitrogens is 2. The van der Waals surface area contributed by atoms with Crippen LogP contribution in [0.15, 0.2) is 66.9 Å². The van der Waals surface area contributed by atoms with Crippen molar-refractivity contribution in [1.82, 2.24) is 9.55 Å². The molecule has 2 heterocycles. The van der Waals surface area contributed by atoms with Gasteiger partial charge in [0.05, 0.1) is 11.2 Å². The van der Waals surface area contributed by atoms with E-state index in [0.717, 1.165) is 11.3 Å². The van der Waals surface area contributed by atoms with Crippen LogP contribution in [0.25, 0.3) is 43.8 Å². The summed E-state index contributed by atoms with van der Waals surface area (Å²) in [4.78, 5) is 4.75. The Balaban J connectivity index is 1.80. The minimum absolute atomic E-state index is 1.02. The number of pyridine rings is 1. The Hall–Kier alpha value is -3.13. The van der Waals surface area contributed by atoms with Gasteiger partial charge in [-0.05, 0) is 42.8 Å². The van der Waals surface area contributed by atoms with Gasteiger partial charge < -0.3 is 4.57 Å². The van der Waals surface area contributed by atoms with E-state index in [0.29, 0.717) is 0 Å². The first-order valence-corrected chi connectivity index (χ1v) is 8.96. The van der Waals surface area contributed by atoms with Crippen LogP contribution in [0.5, 0.6) is 0 Å². The summed E-state index contributed by atoms with van der Waals surface area (Å²) in [6, 6.07) is 22.0. The van der Waals surface area contributed by atoms with Crippen LogP contribution < -0.4 is 0 Å². The number of hydrogen-bond acceptors (Lipinski definition) is 1. The number of aryl methyl sites for hydroxylation is 3. The van der Waals surface area contributed by atoms with Gasteiger partial charge in [-0.2, -0.15) is 0 Å². The molecule has 0 N–H and O–H groups in total. The first-order valence-electron chi connectivity index (χ1n) is 8.96. The summed E-state index contributed by atoms with van der Waals surface area (Å²) < 4.78 is 2.28. The smallest absolute Gasteiger partial charge is 0.0723 e. The highest BCUT2D eigenvalue weighted by Crippen LogP contribution is 2.33. The van der Waals surface area contributed by atoms with Crippen molar-refractivity contribution in [2.24, 2.45) is 7.05 Å². The maximum Gasteiger partial charge on any atom is 0.0723 e. The molecule has 0 radical (unpaired) electrons. The Bertz CT molecular complexity index is 1290. The molecule has 0 bridgehead atoms. The fourth-order valence-corrected chi connectivity index (χ4v) is 3.84. The van der Waals surface area contributed by atoms with E-state index in [4.69, 9.17) is 4.98 Å². The first-order chi connectivity index (χ1) is 12.6. The summed E-state index contributed by atoms with van der Waals surface area (Å²) >= 11 is 0. The molecule has 0 fully saturated rings. The molecule has 2 heteroatoms. The van der Waals surface area contributed by atoms with Gasteiger partial charge in [-0.25, -0.2) is 0 Å². The Morgan fingerprint density at radius 1 is 0.692 bits per heavy atom. The maximum absolute atomic E-state index is 4.75. The quantitative estimate of drug-likeness (QED) is 0.358. The van der Waals surface area contributed by atoms with Crippen LogP contribution in [0, 0.1) is 13.8 Å². The average molecular weight is 336 g/mol. The Morgan fingerprint density at radius 2 is 1.42 bits per heavy atom. The van der Waals surface area contributed by atoms with Crippen molar-refractivity contribution in [3.8, 4) is 11.3 Å². The van der Waals surface area contributed by atoms with Crippen molar-refractivity contribution in [2.45, 2.75) is 13.8 Å². The van der Waals surface area contributed by atoms with Crippen LogP contribution in [0.3, 0.4) is 0 Å². The van der Waals surface area contributed by atoms with Gasteiger partial charge in [0, 0.05) is 35.1 Å². The topological polar surface area (TPSA) is 17.8 Å². The molecule has 0 aliphatic heterocycles. The zero-order valence-corrected chi connectivity index (χ0v) is 15.2. The monoisotopic (exact) mass is 336 g/mol. The molecular formula is C24H20N2. The average Bonchev–Trinajstić information content (AvgIpc) is 2.92. The lowest BCUT2D eigenvalue weighted by molar-refractivity contribution is 1.01. The number of hydrogen-bond donors (Lipinski definition) is 0. The molecule has 126 valence electrons. The van der Waals surface area contributed by atoms with Crippen LogP contribution >= 0.6 is 0 Å². The zero-order chi connectivity index (χ0) is 17.8. The molecule has 0 aliphatic rings. The highest BCUT2D eigenvalue weighted by molar-refractivity contribution is 6.12. The lowest BCUT2D eigenvalue weighted by Crippen LogP contribution is -1.89. The number of nitrogens with zero attached hydrogens (tertiary/aromatic N) is 2. The molecule has 0 atom stereocenters. The largest absolute Gasteiger partial charge is 0.343 e. The second-order valence-electron chi connectivity index (χ2n) is 7.23. The van der Waals surface area contributed by atoms with E-state index in [2.05, 4.69) is 86.1 Å². The van der Waals surface area contributed by atoms with E-state index < -0.39 is 0 Å². The minimum atomic E-state index is 1.02. The van der Waals surface area contributed by atoms with Crippen molar-refractivity contribution >= 4 is 32.6 Å². The fraction of sp³-hybridized carbons (Fsp3) is 0.125. The summed E-state index contributed by atoms with van der Waals surface area (Å²) in [7, 11) is 2.14. The van der Waals surface area contributed by atoms with Crippen LogP contribution in [-0.4, -0.2) is 9.55 Å². The second-order valence-corrected chi connectivity index (χ2v) is 7.23. The fourth-order valence-electron chi connectivity index (χ4n) is 3.84. The van der Waals surface area contributed by atoms with Gasteiger partial charge in [-0.3, -0.25) is 4.98 Å². The molecule has 0 amide bonds. The minimum Gasteiger partial charge on any atom is -0.343 e. The normalized spacial score (nSPS) is 11.7. The van der Waals surface area contributed by atoms with Gasteiger partial charge in [0.2, 0.25) is 0 Å². The third-order valence-corrected chi connectivity index (χ3v) is 5.35. The SMILES string of the molecule is Cc1ccc(-c2cc3c(cn2)c2cc4ccc(C)cc4cc2n3C)cc1. The second kappa shape index (κ2) is 5.43. The lowest BCUT2D eigenvalue weighted by atomic mass is 10.0. The van der Waals surface area contributed by atoms with Crippen LogP contribution in [0.2, 0.25) is 0 Å². The van der Waals surface area contributed by atoms with Gasteiger partial charge in [-0.15, -0.1) is 0 Å². The molecule has 5 aromatic rings. The Labute approximate surface area is 152 Å². The molecule has 26 heavy (non-hydrogen) atoms. The van der Waals surface area contributed by atoms with Crippen LogP contribution in [-0.2, 0) is 7.05 Å². The van der Waals surface area contributed by atoms with E-state index in [1.54, 1.807) is 0 Å². The van der Waals surface area contributed by atoms with Crippen molar-refractivity contribution in [3.63, 3.8) is 0 Å². The summed E-state index contributed by atoms with van der Waals surface area (Å²) in [5.41, 5.74) is 7.20. The summed E-state index contributed by atoms with van der Waals surface area (Å²) in [6.07, 6.45) is 2.02. The van der Waals surface area contributed by atoms with Crippen LogP contribution in [0.1, 0.15) is 11.1 Å². The van der Waals surface area contributed by atoms with Gasteiger partial charge in [0.1, 0.15) is 0 Å². The number of fused-ring (bicyclic) bond motifs is 4. The third-order valence-electron chi connectivity index (χ3n) is 5.35. The molecule has 0 saturated carbocycles. The number of rotatable bonds is 1. The third kappa shape index (κ3) is 2.22. The van der Waals surface area contributed by atoms with Crippen molar-refractivity contribution in [1.29, 1.82) is 0 Å². The Kier molecular flexibility index (Phi) is 3.17. The molecule has 2 aromatic heterocycles. The molecule has 0 spiro atoms. The van der Waals surface area contributed by atoms with E-state index in [-0.39, 0.29) is 0 Å². The summed E-state index contributed by atoms with van der Waals surface area (Å²) in [5.74, 6) is 0. The first kappa shape index (κ1) is 15.2. The predicted molar refractivity (Wildman–Crippen MR) is 111 cm³/mol. The highest BCUT2D eigenvalue weighted by Gasteiger charge is 2.11. The summed E-state index contributed by atoms with van der Waals surface area (Å²) in [6.45, 7) is 4.25. The molecule has 0 aliphatic carbocycles. The van der Waals surface area contributed by atoms with Gasteiger partial charge in [-0.1, -0.05) is 53.6 Å². The molecule has 5 rings (SSSR count). The molecule has 3 aromatic carbocycles. The van der Waals surface area contributed by atoms with Crippen LogP contribution in [0.4, 0.5) is 0 Å². The van der Waals surface area contributed by atoms with Gasteiger partial charge >= 0.3 is 0 Å². The van der Waals surface area contributed by atoms with E-state index >= 15 is 0 Å². The van der Waals surface area contributed by atoms with Gasteiger partial charge in [0.25, 0.3) is 0 Å². The van der Waals surface area contributed by atoms with Crippen molar-refractivity contribution in [3.05, 3.63) is 78.0 Å². The lowest BCUT2D eigenvalue weighted by Gasteiger charge is -2.03. The maximum atomic E-state index is 4.75. The van der Waals surface area contributed by atoms with E-state index in [9.17, 15) is 0 Å². The molecule has 2 nitrogen and oxygen atoms in total. The van der Waals surface area contributed by atoms with Crippen molar-refractivity contribution < 1.29 is 0 Å². The number of benzene rings is 3. The Morgan fingerprint density at radius 3 is 2.23 bits per heavy atom. The highest BCUT2D eigenvalue weighted by atomic mass is 14.9. The zero-order valence-electron chi connectivity index (χ0n) is 15.2.